The largest absolute Gasteiger partial charge is 0.463 e. The normalized spacial score (nSPS) is 44.8. The molecule has 0 saturated heterocycles. The van der Waals surface area contributed by atoms with Gasteiger partial charge in [-0.1, -0.05) is 53.7 Å². The van der Waals surface area contributed by atoms with Crippen molar-refractivity contribution in [3.8, 4) is 0 Å². The number of hydrogen-bond acceptors (Lipinski definition) is 3. The predicted octanol–water partition coefficient (Wildman–Crippen LogP) is 7.24. The monoisotopic (exact) mass is 456 g/mol. The van der Waals surface area contributed by atoms with Crippen LogP contribution in [-0.2, 0) is 14.3 Å². The number of hydrogen-bond donors (Lipinski definition) is 0. The Bertz CT molecular complexity index is 783. The SMILES string of the molecule is CC(=O)OC1CC[C@@]2(C)C(CC[C@H]3[C@@H]4CC[C@H]([C@H](C)C=C[C@H](C)C(C)C)[C@@]4(C)CC(=O)[C@@H]32)C1. The molecule has 0 bridgehead atoms. The number of ether oxygens (including phenoxy) is 1. The molecule has 0 spiro atoms. The van der Waals surface area contributed by atoms with E-state index in [4.69, 9.17) is 4.74 Å². The molecular weight excluding hydrogens is 408 g/mol. The molecule has 3 nitrogen and oxygen atoms in total. The van der Waals surface area contributed by atoms with Crippen molar-refractivity contribution in [2.24, 2.45) is 58.2 Å². The number of carbonyl (C=O) groups is 2. The standard InChI is InChI=1S/C30H48O3/c1-18(2)19(3)8-9-20(4)25-12-13-26-24-11-10-22-16-23(33-21(5)31)14-15-29(22,6)28(24)27(32)17-30(25,26)7/h8-9,18-20,22-26,28H,10-17H2,1-7H3/t19-,20+,22?,23?,24-,25+,26-,28+,29-,30+/m0/s1. The lowest BCUT2D eigenvalue weighted by molar-refractivity contribution is -0.169. The van der Waals surface area contributed by atoms with Crippen LogP contribution in [0.3, 0.4) is 0 Å². The lowest BCUT2D eigenvalue weighted by Gasteiger charge is -2.60. The Morgan fingerprint density at radius 1 is 1.00 bits per heavy atom. The lowest BCUT2D eigenvalue weighted by atomic mass is 9.44. The Labute approximate surface area is 202 Å². The quantitative estimate of drug-likeness (QED) is 0.323. The van der Waals surface area contributed by atoms with Gasteiger partial charge in [-0.05, 0) is 97.2 Å². The molecule has 0 aromatic rings. The molecule has 0 amide bonds. The average molecular weight is 457 g/mol. The van der Waals surface area contributed by atoms with Crippen molar-refractivity contribution < 1.29 is 14.3 Å². The zero-order chi connectivity index (χ0) is 24.1. The van der Waals surface area contributed by atoms with Gasteiger partial charge in [0.2, 0.25) is 0 Å². The third-order valence-electron chi connectivity index (χ3n) is 11.1. The van der Waals surface area contributed by atoms with E-state index < -0.39 is 0 Å². The highest BCUT2D eigenvalue weighted by atomic mass is 16.5. The Balaban J connectivity index is 1.52. The van der Waals surface area contributed by atoms with Gasteiger partial charge in [0, 0.05) is 19.3 Å². The van der Waals surface area contributed by atoms with E-state index in [0.29, 0.717) is 47.2 Å². The molecule has 0 N–H and O–H groups in total. The van der Waals surface area contributed by atoms with Gasteiger partial charge in [0.15, 0.2) is 0 Å². The molecule has 2 unspecified atom stereocenters. The third-order valence-corrected chi connectivity index (χ3v) is 11.1. The summed E-state index contributed by atoms with van der Waals surface area (Å²) in [5, 5.41) is 0. The van der Waals surface area contributed by atoms with E-state index in [2.05, 4.69) is 53.7 Å². The molecule has 0 aromatic carbocycles. The van der Waals surface area contributed by atoms with E-state index in [0.717, 1.165) is 25.7 Å². The number of Topliss-reactive ketones (excluding diaryl/α,β-unsaturated/α-hetero) is 1. The highest BCUT2D eigenvalue weighted by Gasteiger charge is 2.63. The van der Waals surface area contributed by atoms with E-state index in [1.165, 1.54) is 32.6 Å². The summed E-state index contributed by atoms with van der Waals surface area (Å²) in [6.45, 7) is 15.7. The average Bonchev–Trinajstić information content (AvgIpc) is 3.07. The number of allylic oxidation sites excluding steroid dienone is 2. The van der Waals surface area contributed by atoms with Crippen LogP contribution in [0, 0.1) is 58.2 Å². The minimum Gasteiger partial charge on any atom is -0.463 e. The van der Waals surface area contributed by atoms with Crippen LogP contribution in [0.25, 0.3) is 0 Å². The first kappa shape index (κ1) is 25.0. The Kier molecular flexibility index (Phi) is 6.93. The Hall–Kier alpha value is -1.12. The summed E-state index contributed by atoms with van der Waals surface area (Å²) in [6.07, 6.45) is 13.6. The van der Waals surface area contributed by atoms with E-state index in [1.54, 1.807) is 0 Å². The molecule has 0 heterocycles. The maximum Gasteiger partial charge on any atom is 0.302 e. The van der Waals surface area contributed by atoms with Crippen LogP contribution in [0.2, 0.25) is 0 Å². The van der Waals surface area contributed by atoms with E-state index in [9.17, 15) is 9.59 Å². The first-order chi connectivity index (χ1) is 15.5. The van der Waals surface area contributed by atoms with Crippen LogP contribution in [0.4, 0.5) is 0 Å². The van der Waals surface area contributed by atoms with Gasteiger partial charge in [0.05, 0.1) is 0 Å². The summed E-state index contributed by atoms with van der Waals surface area (Å²) in [5.41, 5.74) is 0.246. The fraction of sp³-hybridized carbons (Fsp3) is 0.867. The smallest absolute Gasteiger partial charge is 0.302 e. The molecule has 33 heavy (non-hydrogen) atoms. The minimum atomic E-state index is -0.162. The molecular formula is C30H48O3. The van der Waals surface area contributed by atoms with Crippen molar-refractivity contribution in [3.63, 3.8) is 0 Å². The first-order valence-corrected chi connectivity index (χ1v) is 13.9. The zero-order valence-electron chi connectivity index (χ0n) is 22.2. The van der Waals surface area contributed by atoms with Gasteiger partial charge in [0.25, 0.3) is 0 Å². The molecule has 0 radical (unpaired) electrons. The molecule has 3 heteroatoms. The predicted molar refractivity (Wildman–Crippen MR) is 133 cm³/mol. The van der Waals surface area contributed by atoms with Crippen LogP contribution in [0.15, 0.2) is 12.2 Å². The number of rotatable bonds is 5. The molecule has 4 rings (SSSR count). The molecule has 4 aliphatic rings. The lowest BCUT2D eigenvalue weighted by Crippen LogP contribution is -2.58. The number of esters is 1. The third kappa shape index (κ3) is 4.36. The van der Waals surface area contributed by atoms with Crippen LogP contribution in [0.1, 0.15) is 99.8 Å². The Morgan fingerprint density at radius 3 is 2.39 bits per heavy atom. The fourth-order valence-electron chi connectivity index (χ4n) is 8.98. The molecule has 4 aliphatic carbocycles. The van der Waals surface area contributed by atoms with Crippen molar-refractivity contribution in [2.45, 2.75) is 106 Å². The molecule has 0 aliphatic heterocycles. The van der Waals surface area contributed by atoms with Crippen molar-refractivity contribution in [1.29, 1.82) is 0 Å². The summed E-state index contributed by atoms with van der Waals surface area (Å²) in [4.78, 5) is 25.4. The Morgan fingerprint density at radius 2 is 1.73 bits per heavy atom. The van der Waals surface area contributed by atoms with E-state index in [1.807, 2.05) is 0 Å². The summed E-state index contributed by atoms with van der Waals surface area (Å²) >= 11 is 0. The molecule has 4 saturated carbocycles. The second kappa shape index (κ2) is 9.15. The van der Waals surface area contributed by atoms with Gasteiger partial charge in [-0.15, -0.1) is 0 Å². The summed E-state index contributed by atoms with van der Waals surface area (Å²) in [6, 6.07) is 0. The van der Waals surface area contributed by atoms with Crippen LogP contribution < -0.4 is 0 Å². The van der Waals surface area contributed by atoms with Crippen molar-refractivity contribution in [3.05, 3.63) is 12.2 Å². The van der Waals surface area contributed by atoms with Crippen molar-refractivity contribution >= 4 is 11.8 Å². The molecule has 0 aromatic heterocycles. The van der Waals surface area contributed by atoms with E-state index >= 15 is 0 Å². The van der Waals surface area contributed by atoms with Crippen LogP contribution >= 0.6 is 0 Å². The highest BCUT2D eigenvalue weighted by molar-refractivity contribution is 5.84. The highest BCUT2D eigenvalue weighted by Crippen LogP contribution is 2.67. The summed E-state index contributed by atoms with van der Waals surface area (Å²) < 4.78 is 5.60. The zero-order valence-corrected chi connectivity index (χ0v) is 22.2. The maximum absolute atomic E-state index is 13.9. The summed E-state index contributed by atoms with van der Waals surface area (Å²) in [5.74, 6) is 4.80. The van der Waals surface area contributed by atoms with Crippen LogP contribution in [0.5, 0.6) is 0 Å². The van der Waals surface area contributed by atoms with Gasteiger partial charge in [-0.3, -0.25) is 9.59 Å². The first-order valence-electron chi connectivity index (χ1n) is 13.9. The number of carbonyl (C=O) groups excluding carboxylic acids is 2. The minimum absolute atomic E-state index is 0.0535. The second-order valence-electron chi connectivity index (χ2n) is 13.2. The number of fused-ring (bicyclic) bond motifs is 5. The topological polar surface area (TPSA) is 43.4 Å². The van der Waals surface area contributed by atoms with Gasteiger partial charge in [-0.2, -0.15) is 0 Å². The maximum atomic E-state index is 13.9. The summed E-state index contributed by atoms with van der Waals surface area (Å²) in [7, 11) is 0. The van der Waals surface area contributed by atoms with Crippen molar-refractivity contribution in [2.75, 3.05) is 0 Å². The van der Waals surface area contributed by atoms with Gasteiger partial charge in [-0.25, -0.2) is 0 Å². The van der Waals surface area contributed by atoms with Gasteiger partial charge >= 0.3 is 5.97 Å². The second-order valence-corrected chi connectivity index (χ2v) is 13.2. The molecule has 10 atom stereocenters. The van der Waals surface area contributed by atoms with E-state index in [-0.39, 0.29) is 28.8 Å². The molecule has 186 valence electrons. The van der Waals surface area contributed by atoms with Crippen LogP contribution in [-0.4, -0.2) is 17.9 Å². The fourth-order valence-corrected chi connectivity index (χ4v) is 8.98. The number of ketones is 1. The van der Waals surface area contributed by atoms with Crippen molar-refractivity contribution in [1.82, 2.24) is 0 Å². The van der Waals surface area contributed by atoms with Gasteiger partial charge < -0.3 is 4.74 Å². The molecule has 4 fully saturated rings. The van der Waals surface area contributed by atoms with Gasteiger partial charge in [0.1, 0.15) is 11.9 Å².